The van der Waals surface area contributed by atoms with Crippen molar-refractivity contribution < 1.29 is 18.9 Å². The molecule has 0 saturated carbocycles. The van der Waals surface area contributed by atoms with Gasteiger partial charge in [-0.25, -0.2) is 0 Å². The van der Waals surface area contributed by atoms with Gasteiger partial charge < -0.3 is 18.9 Å². The Morgan fingerprint density at radius 1 is 0.684 bits per heavy atom. The van der Waals surface area contributed by atoms with Crippen molar-refractivity contribution in [3.63, 3.8) is 0 Å². The normalized spacial score (nSPS) is 12.0. The highest BCUT2D eigenvalue weighted by Gasteiger charge is 2.31. The molecule has 0 bridgehead atoms. The molecule has 0 saturated heterocycles. The first-order valence-corrected chi connectivity index (χ1v) is 7.38. The van der Waals surface area contributed by atoms with E-state index in [2.05, 4.69) is 13.8 Å². The minimum atomic E-state index is -0.190. The highest BCUT2D eigenvalue weighted by atomic mass is 16.5. The molecule has 19 heavy (non-hydrogen) atoms. The van der Waals surface area contributed by atoms with Crippen LogP contribution >= 0.6 is 0 Å². The van der Waals surface area contributed by atoms with Crippen molar-refractivity contribution >= 4 is 0 Å². The molecule has 0 aromatic rings. The number of hydrogen-bond acceptors (Lipinski definition) is 4. The standard InChI is InChI=1S/C15H32O4/c1-5-7-9-18-13-15(11-16-3,12-17-4)14-19-10-8-6-2/h5-14H2,1-4H3. The van der Waals surface area contributed by atoms with Gasteiger partial charge in [0.1, 0.15) is 0 Å². The lowest BCUT2D eigenvalue weighted by Crippen LogP contribution is -2.41. The van der Waals surface area contributed by atoms with Gasteiger partial charge in [0.15, 0.2) is 0 Å². The van der Waals surface area contributed by atoms with Crippen LogP contribution < -0.4 is 0 Å². The number of unbranched alkanes of at least 4 members (excludes halogenated alkanes) is 2. The summed E-state index contributed by atoms with van der Waals surface area (Å²) in [4.78, 5) is 0. The third kappa shape index (κ3) is 9.38. The molecule has 0 aliphatic carbocycles. The summed E-state index contributed by atoms with van der Waals surface area (Å²) in [6, 6.07) is 0. The average molecular weight is 276 g/mol. The summed E-state index contributed by atoms with van der Waals surface area (Å²) in [6.45, 7) is 8.35. The topological polar surface area (TPSA) is 36.9 Å². The van der Waals surface area contributed by atoms with E-state index < -0.39 is 0 Å². The molecule has 0 radical (unpaired) electrons. The van der Waals surface area contributed by atoms with Gasteiger partial charge in [0, 0.05) is 27.4 Å². The molecule has 0 amide bonds. The molecule has 0 N–H and O–H groups in total. The Bertz CT molecular complexity index is 165. The van der Waals surface area contributed by atoms with Crippen LogP contribution in [0.2, 0.25) is 0 Å². The second-order valence-corrected chi connectivity index (χ2v) is 5.18. The molecule has 0 rings (SSSR count). The van der Waals surface area contributed by atoms with Crippen molar-refractivity contribution in [3.8, 4) is 0 Å². The van der Waals surface area contributed by atoms with Crippen LogP contribution in [0.3, 0.4) is 0 Å². The molecule has 0 unspecified atom stereocenters. The second kappa shape index (κ2) is 12.9. The number of methoxy groups -OCH3 is 2. The molecule has 4 heteroatoms. The molecule has 116 valence electrons. The molecule has 0 aliphatic rings. The zero-order chi connectivity index (χ0) is 14.4. The number of rotatable bonds is 14. The molecule has 0 fully saturated rings. The van der Waals surface area contributed by atoms with Crippen molar-refractivity contribution in [3.05, 3.63) is 0 Å². The summed E-state index contributed by atoms with van der Waals surface area (Å²) < 4.78 is 22.2. The SMILES string of the molecule is CCCCOCC(COC)(COC)COCCCC. The Morgan fingerprint density at radius 3 is 1.42 bits per heavy atom. The lowest BCUT2D eigenvalue weighted by Gasteiger charge is -2.32. The van der Waals surface area contributed by atoms with Gasteiger partial charge in [-0.2, -0.15) is 0 Å². The first-order chi connectivity index (χ1) is 9.24. The molecule has 0 atom stereocenters. The fourth-order valence-electron chi connectivity index (χ4n) is 1.93. The third-order valence-corrected chi connectivity index (χ3v) is 3.00. The zero-order valence-electron chi connectivity index (χ0n) is 13.2. The van der Waals surface area contributed by atoms with Gasteiger partial charge >= 0.3 is 0 Å². The largest absolute Gasteiger partial charge is 0.384 e. The summed E-state index contributed by atoms with van der Waals surface area (Å²) in [5.74, 6) is 0. The van der Waals surface area contributed by atoms with Gasteiger partial charge in [-0.3, -0.25) is 0 Å². The van der Waals surface area contributed by atoms with Crippen molar-refractivity contribution in [1.29, 1.82) is 0 Å². The predicted molar refractivity (Wildman–Crippen MR) is 77.6 cm³/mol. The molecule has 0 heterocycles. The van der Waals surface area contributed by atoms with Gasteiger partial charge in [0.05, 0.1) is 31.8 Å². The lowest BCUT2D eigenvalue weighted by atomic mass is 9.92. The minimum absolute atomic E-state index is 0.190. The minimum Gasteiger partial charge on any atom is -0.384 e. The average Bonchev–Trinajstić information content (AvgIpc) is 2.41. The van der Waals surface area contributed by atoms with E-state index in [-0.39, 0.29) is 5.41 Å². The van der Waals surface area contributed by atoms with Crippen LogP contribution in [0.5, 0.6) is 0 Å². The summed E-state index contributed by atoms with van der Waals surface area (Å²) in [7, 11) is 3.42. The number of ether oxygens (including phenoxy) is 4. The summed E-state index contributed by atoms with van der Waals surface area (Å²) in [6.07, 6.45) is 4.47. The molecule has 0 aliphatic heterocycles. The smallest absolute Gasteiger partial charge is 0.0637 e. The maximum atomic E-state index is 5.76. The van der Waals surface area contributed by atoms with E-state index in [1.165, 1.54) is 0 Å². The van der Waals surface area contributed by atoms with Gasteiger partial charge in [0.25, 0.3) is 0 Å². The van der Waals surface area contributed by atoms with E-state index in [0.29, 0.717) is 26.4 Å². The monoisotopic (exact) mass is 276 g/mol. The third-order valence-electron chi connectivity index (χ3n) is 3.00. The molecular weight excluding hydrogens is 244 g/mol. The predicted octanol–water partition coefficient (Wildman–Crippen LogP) is 2.90. The van der Waals surface area contributed by atoms with Crippen LogP contribution in [0.1, 0.15) is 39.5 Å². The second-order valence-electron chi connectivity index (χ2n) is 5.18. The highest BCUT2D eigenvalue weighted by Crippen LogP contribution is 2.20. The Hall–Kier alpha value is -0.160. The molecule has 4 nitrogen and oxygen atoms in total. The van der Waals surface area contributed by atoms with Gasteiger partial charge in [0.2, 0.25) is 0 Å². The maximum absolute atomic E-state index is 5.76. The first kappa shape index (κ1) is 18.8. The van der Waals surface area contributed by atoms with Crippen LogP contribution in [0, 0.1) is 5.41 Å². The first-order valence-electron chi connectivity index (χ1n) is 7.38. The Labute approximate surface area is 118 Å². The van der Waals surface area contributed by atoms with Crippen LogP contribution in [0.25, 0.3) is 0 Å². The van der Waals surface area contributed by atoms with Crippen LogP contribution in [-0.4, -0.2) is 53.9 Å². The van der Waals surface area contributed by atoms with E-state index in [9.17, 15) is 0 Å². The fraction of sp³-hybridized carbons (Fsp3) is 1.00. The molecule has 0 aromatic carbocycles. The van der Waals surface area contributed by atoms with Gasteiger partial charge in [-0.05, 0) is 12.8 Å². The van der Waals surface area contributed by atoms with Crippen molar-refractivity contribution in [2.24, 2.45) is 5.41 Å². The van der Waals surface area contributed by atoms with E-state index in [1.54, 1.807) is 14.2 Å². The van der Waals surface area contributed by atoms with Gasteiger partial charge in [-0.15, -0.1) is 0 Å². The molecular formula is C15H32O4. The number of hydrogen-bond donors (Lipinski definition) is 0. The van der Waals surface area contributed by atoms with Crippen LogP contribution in [0.15, 0.2) is 0 Å². The van der Waals surface area contributed by atoms with Crippen molar-refractivity contribution in [2.75, 3.05) is 53.9 Å². The Morgan fingerprint density at radius 2 is 1.11 bits per heavy atom. The van der Waals surface area contributed by atoms with Crippen molar-refractivity contribution in [2.45, 2.75) is 39.5 Å². The lowest BCUT2D eigenvalue weighted by molar-refractivity contribution is -0.0931. The molecule has 0 spiro atoms. The van der Waals surface area contributed by atoms with E-state index in [4.69, 9.17) is 18.9 Å². The highest BCUT2D eigenvalue weighted by molar-refractivity contribution is 4.79. The summed E-state index contributed by atoms with van der Waals surface area (Å²) >= 11 is 0. The summed E-state index contributed by atoms with van der Waals surface area (Å²) in [5, 5.41) is 0. The van der Waals surface area contributed by atoms with Crippen molar-refractivity contribution in [1.82, 2.24) is 0 Å². The maximum Gasteiger partial charge on any atom is 0.0637 e. The quantitative estimate of drug-likeness (QED) is 0.457. The Kier molecular flexibility index (Phi) is 12.7. The zero-order valence-corrected chi connectivity index (χ0v) is 13.2. The molecule has 0 aromatic heterocycles. The van der Waals surface area contributed by atoms with E-state index in [1.807, 2.05) is 0 Å². The van der Waals surface area contributed by atoms with E-state index >= 15 is 0 Å². The Balaban J connectivity index is 4.22. The van der Waals surface area contributed by atoms with Gasteiger partial charge in [-0.1, -0.05) is 26.7 Å². The van der Waals surface area contributed by atoms with Crippen LogP contribution in [-0.2, 0) is 18.9 Å². The van der Waals surface area contributed by atoms with Crippen LogP contribution in [0.4, 0.5) is 0 Å². The van der Waals surface area contributed by atoms with E-state index in [0.717, 1.165) is 38.9 Å². The fourth-order valence-corrected chi connectivity index (χ4v) is 1.93. The summed E-state index contributed by atoms with van der Waals surface area (Å²) in [5.41, 5.74) is -0.190.